The highest BCUT2D eigenvalue weighted by Crippen LogP contribution is 2.60. The predicted octanol–water partition coefficient (Wildman–Crippen LogP) is 4.74. The summed E-state index contributed by atoms with van der Waals surface area (Å²) in [5.41, 5.74) is 8.99. The van der Waals surface area contributed by atoms with Gasteiger partial charge in [0.25, 0.3) is 11.8 Å². The number of likely N-dealkylation sites (tertiary alicyclic amines) is 1. The fourth-order valence-corrected chi connectivity index (χ4v) is 7.46. The zero-order valence-electron chi connectivity index (χ0n) is 24.8. The van der Waals surface area contributed by atoms with E-state index in [1.54, 1.807) is 30.5 Å². The van der Waals surface area contributed by atoms with E-state index in [0.29, 0.717) is 22.4 Å². The number of carboxylic acid groups (broad SMARTS) is 1. The van der Waals surface area contributed by atoms with Gasteiger partial charge in [-0.25, -0.2) is 4.79 Å². The van der Waals surface area contributed by atoms with E-state index in [1.165, 1.54) is 46.6 Å². The highest BCUT2D eigenvalue weighted by atomic mass is 32.1. The van der Waals surface area contributed by atoms with E-state index in [9.17, 15) is 28.0 Å². The van der Waals surface area contributed by atoms with Crippen molar-refractivity contribution in [1.29, 1.82) is 5.41 Å². The highest BCUT2D eigenvalue weighted by molar-refractivity contribution is 7.10. The monoisotopic (exact) mass is 662 g/mol. The number of hydrogen-bond donors (Lipinski definition) is 5. The quantitative estimate of drug-likeness (QED) is 0.0723. The molecule has 2 aromatic carbocycles. The molecule has 2 aliphatic carbocycles. The molecule has 1 saturated carbocycles. The summed E-state index contributed by atoms with van der Waals surface area (Å²) in [5.74, 6) is -5.14. The first kappa shape index (κ1) is 31.6. The van der Waals surface area contributed by atoms with Crippen LogP contribution in [0.4, 0.5) is 13.6 Å². The normalized spacial score (nSPS) is 21.7. The van der Waals surface area contributed by atoms with Crippen molar-refractivity contribution in [3.05, 3.63) is 91.5 Å². The Balaban J connectivity index is 1.15. The van der Waals surface area contributed by atoms with Crippen molar-refractivity contribution >= 4 is 41.0 Å². The summed E-state index contributed by atoms with van der Waals surface area (Å²) < 4.78 is 29.9. The third-order valence-corrected chi connectivity index (χ3v) is 10.1. The Morgan fingerprint density at radius 3 is 2.62 bits per heavy atom. The molecule has 3 aromatic rings. The van der Waals surface area contributed by atoms with Gasteiger partial charge in [-0.2, -0.15) is 8.78 Å². The third-order valence-electron chi connectivity index (χ3n) is 8.96. The summed E-state index contributed by atoms with van der Waals surface area (Å²) >= 11 is 1.22. The van der Waals surface area contributed by atoms with Gasteiger partial charge >= 0.3 is 6.09 Å². The van der Waals surface area contributed by atoms with Crippen molar-refractivity contribution < 1.29 is 33.1 Å². The van der Waals surface area contributed by atoms with Gasteiger partial charge in [0.05, 0.1) is 12.6 Å². The molecule has 0 spiro atoms. The maximum atomic E-state index is 15.0. The van der Waals surface area contributed by atoms with Crippen LogP contribution in [-0.4, -0.2) is 64.8 Å². The molecule has 4 atom stereocenters. The van der Waals surface area contributed by atoms with Crippen LogP contribution in [0.25, 0.3) is 21.6 Å². The second-order valence-electron chi connectivity index (χ2n) is 11.8. The lowest BCUT2D eigenvalue weighted by Gasteiger charge is -2.28. The molecule has 5 N–H and O–H groups in total. The van der Waals surface area contributed by atoms with Gasteiger partial charge in [-0.05, 0) is 54.6 Å². The summed E-state index contributed by atoms with van der Waals surface area (Å²) in [5, 5.41) is 29.4. The number of nitrogens with zero attached hydrogens (tertiary/aromatic N) is 4. The lowest BCUT2D eigenvalue weighted by atomic mass is 9.99. The van der Waals surface area contributed by atoms with Crippen LogP contribution < -0.4 is 16.0 Å². The molecule has 16 heteroatoms. The number of alkyl halides is 2. The SMILES string of the molecule is C[C@@H](NC(=O)[C@@H]1C[C@]2(CN=[N+]=[N-])C[C@@H]2N1C(=O)CNC(=O)c1ccc2c(c1)-c1ccccc1C2(F)F)c1cc(C(=N)NC(=O)O)cs1. The number of halogens is 2. The third kappa shape index (κ3) is 5.66. The second kappa shape index (κ2) is 11.8. The molecule has 4 amide bonds. The second-order valence-corrected chi connectivity index (χ2v) is 12.8. The van der Waals surface area contributed by atoms with Crippen LogP contribution >= 0.6 is 11.3 Å². The lowest BCUT2D eigenvalue weighted by Crippen LogP contribution is -2.51. The first-order chi connectivity index (χ1) is 22.4. The first-order valence-electron chi connectivity index (χ1n) is 14.6. The number of rotatable bonds is 9. The van der Waals surface area contributed by atoms with Gasteiger partial charge in [0, 0.05) is 55.4 Å². The van der Waals surface area contributed by atoms with Gasteiger partial charge in [-0.15, -0.1) is 11.3 Å². The fourth-order valence-electron chi connectivity index (χ4n) is 6.55. The van der Waals surface area contributed by atoms with Gasteiger partial charge in [0.15, 0.2) is 0 Å². The number of benzene rings is 2. The van der Waals surface area contributed by atoms with Crippen molar-refractivity contribution in [2.75, 3.05) is 13.1 Å². The number of amides is 4. The Labute approximate surface area is 270 Å². The topological polar surface area (TPSA) is 200 Å². The molecule has 1 saturated heterocycles. The van der Waals surface area contributed by atoms with Crippen LogP contribution in [0.3, 0.4) is 0 Å². The minimum atomic E-state index is -3.20. The molecule has 6 rings (SSSR count). The summed E-state index contributed by atoms with van der Waals surface area (Å²) in [6.45, 7) is 1.35. The molecule has 0 radical (unpaired) electrons. The molecule has 2 heterocycles. The summed E-state index contributed by atoms with van der Waals surface area (Å²) in [7, 11) is 0. The van der Waals surface area contributed by atoms with Crippen molar-refractivity contribution in [2.24, 2.45) is 10.5 Å². The fraction of sp³-hybridized carbons (Fsp3) is 0.323. The Hall–Kier alpha value is -5.34. The first-order valence-corrected chi connectivity index (χ1v) is 15.4. The maximum absolute atomic E-state index is 15.0. The van der Waals surface area contributed by atoms with Crippen molar-refractivity contribution in [3.8, 4) is 11.1 Å². The van der Waals surface area contributed by atoms with E-state index in [0.717, 1.165) is 0 Å². The smallest absolute Gasteiger partial charge is 0.410 e. The van der Waals surface area contributed by atoms with E-state index in [2.05, 4.69) is 20.7 Å². The highest BCUT2D eigenvalue weighted by Gasteiger charge is 2.66. The van der Waals surface area contributed by atoms with Crippen LogP contribution in [0.5, 0.6) is 0 Å². The molecule has 2 fully saturated rings. The molecule has 242 valence electrons. The van der Waals surface area contributed by atoms with Crippen LogP contribution in [0.2, 0.25) is 0 Å². The maximum Gasteiger partial charge on any atom is 0.410 e. The molecule has 1 aliphatic heterocycles. The van der Waals surface area contributed by atoms with E-state index in [1.807, 2.05) is 5.32 Å². The largest absolute Gasteiger partial charge is 0.465 e. The minimum absolute atomic E-state index is 0.0951. The van der Waals surface area contributed by atoms with Gasteiger partial charge in [-0.1, -0.05) is 35.4 Å². The number of carbonyl (C=O) groups is 4. The zero-order valence-corrected chi connectivity index (χ0v) is 25.6. The molecule has 0 unspecified atom stereocenters. The number of hydrogen-bond acceptors (Lipinski definition) is 7. The lowest BCUT2D eigenvalue weighted by molar-refractivity contribution is -0.139. The number of nitrogens with one attached hydrogen (secondary N) is 4. The molecule has 3 aliphatic rings. The minimum Gasteiger partial charge on any atom is -0.465 e. The Morgan fingerprint density at radius 2 is 1.87 bits per heavy atom. The number of carbonyl (C=O) groups excluding carboxylic acids is 3. The van der Waals surface area contributed by atoms with Gasteiger partial charge < -0.3 is 20.6 Å². The molecule has 0 bridgehead atoms. The van der Waals surface area contributed by atoms with Gasteiger partial charge in [0.1, 0.15) is 11.9 Å². The Morgan fingerprint density at radius 1 is 1.13 bits per heavy atom. The van der Waals surface area contributed by atoms with E-state index in [4.69, 9.17) is 16.0 Å². The average Bonchev–Trinajstić information content (AvgIpc) is 3.32. The number of piperidine rings is 1. The predicted molar refractivity (Wildman–Crippen MR) is 166 cm³/mol. The molecule has 47 heavy (non-hydrogen) atoms. The van der Waals surface area contributed by atoms with E-state index in [-0.39, 0.29) is 47.1 Å². The van der Waals surface area contributed by atoms with E-state index >= 15 is 0 Å². The zero-order chi connectivity index (χ0) is 33.7. The summed E-state index contributed by atoms with van der Waals surface area (Å²) in [4.78, 5) is 56.0. The summed E-state index contributed by atoms with van der Waals surface area (Å²) in [6.07, 6.45) is -0.602. The molecular weight excluding hydrogens is 634 g/mol. The Kier molecular flexibility index (Phi) is 7.93. The van der Waals surface area contributed by atoms with Crippen molar-refractivity contribution in [2.45, 2.75) is 43.8 Å². The summed E-state index contributed by atoms with van der Waals surface area (Å²) in [6, 6.07) is 9.70. The van der Waals surface area contributed by atoms with Crippen LogP contribution in [0.1, 0.15) is 57.7 Å². The number of fused-ring (bicyclic) bond motifs is 4. The van der Waals surface area contributed by atoms with Crippen molar-refractivity contribution in [3.63, 3.8) is 0 Å². The molecular formula is C31H28F2N8O5S. The standard InChI is InChI=1S/C31H28F2N8O5S/c1-15(23-9-17(13-47-23)26(34)39-29(45)46)38-28(44)22-10-30(14-37-40-35)11-24(30)41(22)25(42)12-36-27(43)16-6-7-21-19(8-16)18-4-2-3-5-20(18)31(21,32)33/h2-9,13,15,22,24H,10-12,14H2,1H3,(H2,34,39)(H,36,43)(H,38,44)(H,45,46)/t15-,22+,24+,30-/m1/s1. The van der Waals surface area contributed by atoms with Gasteiger partial charge in [-0.3, -0.25) is 25.1 Å². The van der Waals surface area contributed by atoms with E-state index < -0.39 is 53.8 Å². The molecule has 13 nitrogen and oxygen atoms in total. The Bertz CT molecular complexity index is 1890. The van der Waals surface area contributed by atoms with Crippen LogP contribution in [-0.2, 0) is 15.5 Å². The van der Waals surface area contributed by atoms with Crippen LogP contribution in [0, 0.1) is 10.8 Å². The number of amidine groups is 1. The molecule has 1 aromatic heterocycles. The number of azide groups is 1. The van der Waals surface area contributed by atoms with Crippen molar-refractivity contribution in [1.82, 2.24) is 20.9 Å². The van der Waals surface area contributed by atoms with Crippen LogP contribution in [0.15, 0.2) is 59.0 Å². The average molecular weight is 663 g/mol. The number of thiophene rings is 1. The van der Waals surface area contributed by atoms with Gasteiger partial charge in [0.2, 0.25) is 11.8 Å².